The summed E-state index contributed by atoms with van der Waals surface area (Å²) >= 11 is 0. The van der Waals surface area contributed by atoms with Gasteiger partial charge in [0, 0.05) is 36.2 Å². The summed E-state index contributed by atoms with van der Waals surface area (Å²) in [5.74, 6) is -0.188. The number of likely N-dealkylation sites (tertiary alicyclic amines) is 1. The average molecular weight is 329 g/mol. The van der Waals surface area contributed by atoms with Gasteiger partial charge < -0.3 is 16.0 Å². The SMILES string of the molecule is Cc1c(NC(=O)C2CCN(C(=O)C3CC3)CC2)cccc1C(N)=O. The first-order chi connectivity index (χ1) is 11.5. The number of hydrogen-bond acceptors (Lipinski definition) is 3. The number of carbonyl (C=O) groups excluding carboxylic acids is 3. The second-order valence-electron chi connectivity index (χ2n) is 6.71. The molecule has 24 heavy (non-hydrogen) atoms. The van der Waals surface area contributed by atoms with Crippen LogP contribution in [0, 0.1) is 18.8 Å². The predicted molar refractivity (Wildman–Crippen MR) is 90.4 cm³/mol. The number of carbonyl (C=O) groups is 3. The van der Waals surface area contributed by atoms with E-state index < -0.39 is 5.91 Å². The molecule has 0 aromatic heterocycles. The molecule has 1 saturated carbocycles. The highest BCUT2D eigenvalue weighted by molar-refractivity contribution is 5.99. The van der Waals surface area contributed by atoms with E-state index in [1.165, 1.54) is 0 Å². The van der Waals surface area contributed by atoms with Crippen LogP contribution in [0.2, 0.25) is 0 Å². The zero-order chi connectivity index (χ0) is 17.3. The molecule has 3 N–H and O–H groups in total. The Morgan fingerprint density at radius 3 is 2.33 bits per heavy atom. The van der Waals surface area contributed by atoms with E-state index in [1.807, 2.05) is 4.90 Å². The van der Waals surface area contributed by atoms with Crippen molar-refractivity contribution in [2.75, 3.05) is 18.4 Å². The lowest BCUT2D eigenvalue weighted by Crippen LogP contribution is -2.42. The van der Waals surface area contributed by atoms with Gasteiger partial charge >= 0.3 is 0 Å². The number of nitrogens with one attached hydrogen (secondary N) is 1. The van der Waals surface area contributed by atoms with Crippen LogP contribution in [0.15, 0.2) is 18.2 Å². The van der Waals surface area contributed by atoms with Crippen LogP contribution < -0.4 is 11.1 Å². The fraction of sp³-hybridized carbons (Fsp3) is 0.500. The maximum Gasteiger partial charge on any atom is 0.249 e. The minimum Gasteiger partial charge on any atom is -0.366 e. The van der Waals surface area contributed by atoms with Crippen molar-refractivity contribution in [2.24, 2.45) is 17.6 Å². The predicted octanol–water partition coefficient (Wildman–Crippen LogP) is 1.68. The third kappa shape index (κ3) is 3.42. The number of anilines is 1. The van der Waals surface area contributed by atoms with Crippen LogP contribution in [-0.4, -0.2) is 35.7 Å². The average Bonchev–Trinajstić information content (AvgIpc) is 3.41. The Kier molecular flexibility index (Phi) is 4.55. The first-order valence-corrected chi connectivity index (χ1v) is 8.46. The largest absolute Gasteiger partial charge is 0.366 e. The molecule has 3 amide bonds. The van der Waals surface area contributed by atoms with Crippen LogP contribution in [0.25, 0.3) is 0 Å². The summed E-state index contributed by atoms with van der Waals surface area (Å²) in [6, 6.07) is 5.13. The fourth-order valence-electron chi connectivity index (χ4n) is 3.22. The summed E-state index contributed by atoms with van der Waals surface area (Å²) in [4.78, 5) is 37.8. The Morgan fingerprint density at radius 1 is 1.08 bits per heavy atom. The van der Waals surface area contributed by atoms with Gasteiger partial charge in [0.05, 0.1) is 0 Å². The van der Waals surface area contributed by atoms with Crippen LogP contribution in [0.5, 0.6) is 0 Å². The van der Waals surface area contributed by atoms with Gasteiger partial charge in [0.1, 0.15) is 0 Å². The highest BCUT2D eigenvalue weighted by Gasteiger charge is 2.36. The Bertz CT molecular complexity index is 674. The number of piperidine rings is 1. The van der Waals surface area contributed by atoms with Crippen LogP contribution in [0.1, 0.15) is 41.6 Å². The van der Waals surface area contributed by atoms with Crippen molar-refractivity contribution < 1.29 is 14.4 Å². The molecule has 0 unspecified atom stereocenters. The molecule has 2 fully saturated rings. The molecule has 1 aromatic rings. The molecule has 0 atom stereocenters. The summed E-state index contributed by atoms with van der Waals surface area (Å²) < 4.78 is 0. The molecule has 0 bridgehead atoms. The summed E-state index contributed by atoms with van der Waals surface area (Å²) in [7, 11) is 0. The van der Waals surface area contributed by atoms with Gasteiger partial charge in [0.2, 0.25) is 17.7 Å². The van der Waals surface area contributed by atoms with Crippen molar-refractivity contribution in [1.82, 2.24) is 4.90 Å². The number of nitrogens with zero attached hydrogens (tertiary/aromatic N) is 1. The lowest BCUT2D eigenvalue weighted by molar-refractivity contribution is -0.135. The molecule has 1 saturated heterocycles. The van der Waals surface area contributed by atoms with Crippen LogP contribution >= 0.6 is 0 Å². The highest BCUT2D eigenvalue weighted by Crippen LogP contribution is 2.32. The van der Waals surface area contributed by atoms with Gasteiger partial charge in [-0.1, -0.05) is 6.07 Å². The van der Waals surface area contributed by atoms with Gasteiger partial charge in [-0.05, 0) is 50.3 Å². The molecular formula is C18H23N3O3. The number of primary amides is 1. The van der Waals surface area contributed by atoms with Crippen molar-refractivity contribution in [3.63, 3.8) is 0 Å². The monoisotopic (exact) mass is 329 g/mol. The number of rotatable bonds is 4. The van der Waals surface area contributed by atoms with E-state index in [4.69, 9.17) is 5.73 Å². The summed E-state index contributed by atoms with van der Waals surface area (Å²) in [6.07, 6.45) is 3.38. The Labute approximate surface area is 141 Å². The lowest BCUT2D eigenvalue weighted by atomic mass is 9.95. The zero-order valence-electron chi connectivity index (χ0n) is 13.9. The van der Waals surface area contributed by atoms with E-state index in [1.54, 1.807) is 25.1 Å². The number of nitrogens with two attached hydrogens (primary N) is 1. The number of amides is 3. The van der Waals surface area contributed by atoms with E-state index in [2.05, 4.69) is 5.32 Å². The first-order valence-electron chi connectivity index (χ1n) is 8.46. The topological polar surface area (TPSA) is 92.5 Å². The molecule has 6 nitrogen and oxygen atoms in total. The zero-order valence-corrected chi connectivity index (χ0v) is 13.9. The quantitative estimate of drug-likeness (QED) is 0.880. The molecule has 0 spiro atoms. The van der Waals surface area contributed by atoms with E-state index in [-0.39, 0.29) is 23.7 Å². The third-order valence-electron chi connectivity index (χ3n) is 4.96. The van der Waals surface area contributed by atoms with E-state index >= 15 is 0 Å². The van der Waals surface area contributed by atoms with Crippen molar-refractivity contribution in [2.45, 2.75) is 32.6 Å². The van der Waals surface area contributed by atoms with Crippen molar-refractivity contribution in [1.29, 1.82) is 0 Å². The van der Waals surface area contributed by atoms with Crippen LogP contribution in [0.3, 0.4) is 0 Å². The van der Waals surface area contributed by atoms with Gasteiger partial charge in [0.15, 0.2) is 0 Å². The maximum absolute atomic E-state index is 12.5. The van der Waals surface area contributed by atoms with Crippen LogP contribution in [0.4, 0.5) is 5.69 Å². The summed E-state index contributed by atoms with van der Waals surface area (Å²) in [5, 5.41) is 2.90. The Morgan fingerprint density at radius 2 is 1.75 bits per heavy atom. The van der Waals surface area contributed by atoms with Gasteiger partial charge in [-0.3, -0.25) is 14.4 Å². The third-order valence-corrected chi connectivity index (χ3v) is 4.96. The minimum absolute atomic E-state index is 0.0572. The van der Waals surface area contributed by atoms with E-state index in [0.29, 0.717) is 42.7 Å². The van der Waals surface area contributed by atoms with Gasteiger partial charge in [-0.25, -0.2) is 0 Å². The Hall–Kier alpha value is -2.37. The number of hydrogen-bond donors (Lipinski definition) is 2. The fourth-order valence-corrected chi connectivity index (χ4v) is 3.22. The standard InChI is InChI=1S/C18H23N3O3/c1-11-14(16(19)22)3-2-4-15(11)20-17(23)12-7-9-21(10-8-12)18(24)13-5-6-13/h2-4,12-13H,5-10H2,1H3,(H2,19,22)(H,20,23). The molecule has 0 radical (unpaired) electrons. The van der Waals surface area contributed by atoms with Crippen molar-refractivity contribution in [3.8, 4) is 0 Å². The normalized spacial score (nSPS) is 18.3. The van der Waals surface area contributed by atoms with Gasteiger partial charge in [-0.15, -0.1) is 0 Å². The summed E-state index contributed by atoms with van der Waals surface area (Å²) in [6.45, 7) is 3.06. The molecule has 2 aliphatic rings. The van der Waals surface area contributed by atoms with Crippen LogP contribution in [-0.2, 0) is 9.59 Å². The molecule has 6 heteroatoms. The van der Waals surface area contributed by atoms with Crippen molar-refractivity contribution >= 4 is 23.4 Å². The second-order valence-corrected chi connectivity index (χ2v) is 6.71. The Balaban J connectivity index is 1.59. The highest BCUT2D eigenvalue weighted by atomic mass is 16.2. The maximum atomic E-state index is 12.5. The number of benzene rings is 1. The molecule has 1 heterocycles. The molecular weight excluding hydrogens is 306 g/mol. The minimum atomic E-state index is -0.504. The van der Waals surface area contributed by atoms with Gasteiger partial charge in [-0.2, -0.15) is 0 Å². The molecule has 1 aliphatic heterocycles. The molecule has 128 valence electrons. The summed E-state index contributed by atoms with van der Waals surface area (Å²) in [5.41, 5.74) is 7.05. The van der Waals surface area contributed by atoms with Crippen molar-refractivity contribution in [3.05, 3.63) is 29.3 Å². The lowest BCUT2D eigenvalue weighted by Gasteiger charge is -2.31. The smallest absolute Gasteiger partial charge is 0.249 e. The molecule has 3 rings (SSSR count). The molecule has 1 aromatic carbocycles. The molecule has 1 aliphatic carbocycles. The first kappa shape index (κ1) is 16.5. The van der Waals surface area contributed by atoms with E-state index in [0.717, 1.165) is 12.8 Å². The van der Waals surface area contributed by atoms with Gasteiger partial charge in [0.25, 0.3) is 0 Å². The second kappa shape index (κ2) is 6.63. The van der Waals surface area contributed by atoms with E-state index in [9.17, 15) is 14.4 Å².